The Morgan fingerprint density at radius 3 is 1.36 bits per heavy atom. The number of rotatable bonds is 2. The lowest BCUT2D eigenvalue weighted by atomic mass is 10.1. The maximum absolute atomic E-state index is 10.9. The minimum Gasteiger partial charge on any atom is -0.362 e. The van der Waals surface area contributed by atoms with Crippen molar-refractivity contribution < 1.29 is 19.1 Å². The quantitative estimate of drug-likeness (QED) is 0.319. The van der Waals surface area contributed by atoms with Crippen LogP contribution in [0.5, 0.6) is 0 Å². The van der Waals surface area contributed by atoms with E-state index < -0.39 is 0 Å². The SMILES string of the molecule is CC1(C)CC[C@@H](C(=O)NN)O1.CC1(C)CC[C@H](C(=O)NN)O1. The van der Waals surface area contributed by atoms with Gasteiger partial charge in [0.05, 0.1) is 11.2 Å². The summed E-state index contributed by atoms with van der Waals surface area (Å²) in [4.78, 5) is 21.9. The van der Waals surface area contributed by atoms with Crippen molar-refractivity contribution in [1.82, 2.24) is 10.9 Å². The van der Waals surface area contributed by atoms with Gasteiger partial charge in [-0.3, -0.25) is 20.4 Å². The molecule has 2 aliphatic rings. The zero-order valence-electron chi connectivity index (χ0n) is 13.8. The lowest BCUT2D eigenvalue weighted by Gasteiger charge is -2.17. The lowest BCUT2D eigenvalue weighted by Crippen LogP contribution is -2.39. The molecule has 128 valence electrons. The summed E-state index contributed by atoms with van der Waals surface area (Å²) in [5, 5.41) is 0. The maximum Gasteiger partial charge on any atom is 0.263 e. The van der Waals surface area contributed by atoms with Gasteiger partial charge in [-0.05, 0) is 53.4 Å². The van der Waals surface area contributed by atoms with Crippen LogP contribution in [0.15, 0.2) is 0 Å². The van der Waals surface area contributed by atoms with E-state index in [1.807, 2.05) is 27.7 Å². The highest BCUT2D eigenvalue weighted by Crippen LogP contribution is 2.29. The second-order valence-electron chi connectivity index (χ2n) is 6.83. The van der Waals surface area contributed by atoms with Crippen molar-refractivity contribution in [1.29, 1.82) is 0 Å². The number of nitrogens with one attached hydrogen (secondary N) is 2. The predicted octanol–water partition coefficient (Wildman–Crippen LogP) is -0.132. The third-order valence-electron chi connectivity index (χ3n) is 3.81. The van der Waals surface area contributed by atoms with Gasteiger partial charge in [-0.2, -0.15) is 0 Å². The minimum absolute atomic E-state index is 0.169. The molecule has 8 heteroatoms. The highest BCUT2D eigenvalue weighted by molar-refractivity contribution is 5.80. The van der Waals surface area contributed by atoms with Crippen LogP contribution in [0.25, 0.3) is 0 Å². The monoisotopic (exact) mass is 316 g/mol. The molecule has 8 nitrogen and oxygen atoms in total. The Balaban J connectivity index is 0.000000220. The van der Waals surface area contributed by atoms with Crippen LogP contribution in [0.4, 0.5) is 0 Å². The molecule has 2 fully saturated rings. The average molecular weight is 316 g/mol. The van der Waals surface area contributed by atoms with Crippen molar-refractivity contribution in [3.05, 3.63) is 0 Å². The molecule has 0 unspecified atom stereocenters. The van der Waals surface area contributed by atoms with Crippen molar-refractivity contribution in [2.45, 2.75) is 76.8 Å². The minimum atomic E-state index is -0.352. The molecule has 0 saturated carbocycles. The Morgan fingerprint density at radius 1 is 0.864 bits per heavy atom. The fourth-order valence-electron chi connectivity index (χ4n) is 2.52. The van der Waals surface area contributed by atoms with Gasteiger partial charge in [0.15, 0.2) is 0 Å². The number of hydrogen-bond donors (Lipinski definition) is 4. The summed E-state index contributed by atoms with van der Waals surface area (Å²) in [6, 6.07) is 0. The van der Waals surface area contributed by atoms with Gasteiger partial charge in [-0.1, -0.05) is 0 Å². The summed E-state index contributed by atoms with van der Waals surface area (Å²) >= 11 is 0. The fraction of sp³-hybridized carbons (Fsp3) is 0.857. The maximum atomic E-state index is 10.9. The van der Waals surface area contributed by atoms with Gasteiger partial charge in [0.2, 0.25) is 0 Å². The Hall–Kier alpha value is -1.22. The zero-order valence-corrected chi connectivity index (χ0v) is 13.8. The molecule has 2 amide bonds. The van der Waals surface area contributed by atoms with Crippen molar-refractivity contribution in [2.75, 3.05) is 0 Å². The van der Waals surface area contributed by atoms with Gasteiger partial charge in [0.1, 0.15) is 12.2 Å². The van der Waals surface area contributed by atoms with Gasteiger partial charge in [0.25, 0.3) is 11.8 Å². The van der Waals surface area contributed by atoms with Crippen molar-refractivity contribution in [3.8, 4) is 0 Å². The van der Waals surface area contributed by atoms with Crippen molar-refractivity contribution in [3.63, 3.8) is 0 Å². The van der Waals surface area contributed by atoms with Crippen LogP contribution in [-0.2, 0) is 19.1 Å². The summed E-state index contributed by atoms with van der Waals surface area (Å²) in [5.74, 6) is 9.47. The molecule has 2 aliphatic heterocycles. The van der Waals surface area contributed by atoms with Crippen LogP contribution < -0.4 is 22.5 Å². The Labute approximate surface area is 131 Å². The first-order valence-electron chi connectivity index (χ1n) is 7.47. The molecule has 2 rings (SSSR count). The first-order chi connectivity index (χ1) is 10.1. The van der Waals surface area contributed by atoms with Gasteiger partial charge in [0, 0.05) is 0 Å². The molecule has 6 N–H and O–H groups in total. The van der Waals surface area contributed by atoms with Crippen LogP contribution in [0, 0.1) is 0 Å². The normalized spacial score (nSPS) is 28.5. The van der Waals surface area contributed by atoms with E-state index in [1.165, 1.54) is 0 Å². The second-order valence-corrected chi connectivity index (χ2v) is 6.83. The van der Waals surface area contributed by atoms with E-state index in [1.54, 1.807) is 0 Å². The molecule has 0 bridgehead atoms. The number of carbonyl (C=O) groups is 2. The van der Waals surface area contributed by atoms with Gasteiger partial charge in [-0.25, -0.2) is 11.7 Å². The van der Waals surface area contributed by atoms with E-state index >= 15 is 0 Å². The summed E-state index contributed by atoms with van der Waals surface area (Å²) in [7, 11) is 0. The van der Waals surface area contributed by atoms with Crippen molar-refractivity contribution >= 4 is 11.8 Å². The highest BCUT2D eigenvalue weighted by Gasteiger charge is 2.36. The molecule has 22 heavy (non-hydrogen) atoms. The van der Waals surface area contributed by atoms with E-state index in [-0.39, 0.29) is 35.2 Å². The smallest absolute Gasteiger partial charge is 0.263 e. The summed E-state index contributed by atoms with van der Waals surface area (Å²) in [6.45, 7) is 7.88. The van der Waals surface area contributed by atoms with Gasteiger partial charge >= 0.3 is 0 Å². The lowest BCUT2D eigenvalue weighted by molar-refractivity contribution is -0.135. The molecule has 2 atom stereocenters. The second kappa shape index (κ2) is 7.36. The number of amides is 2. The molecule has 0 aliphatic carbocycles. The third-order valence-corrected chi connectivity index (χ3v) is 3.81. The van der Waals surface area contributed by atoms with E-state index in [9.17, 15) is 9.59 Å². The van der Waals surface area contributed by atoms with E-state index in [0.29, 0.717) is 0 Å². The standard InChI is InChI=1S/2C7H14N2O2/c2*1-7(2)4-3-5(11-7)6(10)9-8/h2*5H,3-4,8H2,1-2H3,(H,9,10)/t2*5-/m10/s1. The summed E-state index contributed by atoms with van der Waals surface area (Å²) < 4.78 is 10.8. The predicted molar refractivity (Wildman–Crippen MR) is 81.0 cm³/mol. The topological polar surface area (TPSA) is 129 Å². The molecular formula is C14H28N4O4. The molecular weight excluding hydrogens is 288 g/mol. The van der Waals surface area contributed by atoms with Crippen molar-refractivity contribution in [2.24, 2.45) is 11.7 Å². The first-order valence-corrected chi connectivity index (χ1v) is 7.47. The van der Waals surface area contributed by atoms with Crippen LogP contribution in [0.3, 0.4) is 0 Å². The molecule has 0 aromatic rings. The Kier molecular flexibility index (Phi) is 6.30. The average Bonchev–Trinajstić information content (AvgIpc) is 3.00. The summed E-state index contributed by atoms with van der Waals surface area (Å²) in [6.07, 6.45) is 2.63. The largest absolute Gasteiger partial charge is 0.362 e. The number of hydrogen-bond acceptors (Lipinski definition) is 6. The van der Waals surface area contributed by atoms with E-state index in [4.69, 9.17) is 21.2 Å². The molecule has 0 aromatic carbocycles. The van der Waals surface area contributed by atoms with Crippen LogP contribution in [0.1, 0.15) is 53.4 Å². The van der Waals surface area contributed by atoms with Gasteiger partial charge < -0.3 is 9.47 Å². The molecule has 0 aromatic heterocycles. The number of carbonyl (C=O) groups excluding carboxylic acids is 2. The number of hydrazine groups is 2. The van der Waals surface area contributed by atoms with Crippen LogP contribution in [-0.4, -0.2) is 35.2 Å². The van der Waals surface area contributed by atoms with Gasteiger partial charge in [-0.15, -0.1) is 0 Å². The fourth-order valence-corrected chi connectivity index (χ4v) is 2.52. The molecule has 0 spiro atoms. The summed E-state index contributed by atoms with van der Waals surface area (Å²) in [5.41, 5.74) is 3.82. The molecule has 0 radical (unpaired) electrons. The number of nitrogens with two attached hydrogens (primary N) is 2. The highest BCUT2D eigenvalue weighted by atomic mass is 16.5. The Bertz CT molecular complexity index is 374. The number of ether oxygens (including phenoxy) is 2. The third kappa shape index (κ3) is 5.53. The van der Waals surface area contributed by atoms with E-state index in [2.05, 4.69) is 10.9 Å². The zero-order chi connectivity index (χ0) is 17.0. The first kappa shape index (κ1) is 18.8. The Morgan fingerprint density at radius 2 is 1.18 bits per heavy atom. The van der Waals surface area contributed by atoms with Crippen LogP contribution in [0.2, 0.25) is 0 Å². The molecule has 2 heterocycles. The molecule has 2 saturated heterocycles. The van der Waals surface area contributed by atoms with E-state index in [0.717, 1.165) is 25.7 Å². The van der Waals surface area contributed by atoms with Crippen LogP contribution >= 0.6 is 0 Å².